The first-order valence-corrected chi connectivity index (χ1v) is 7.57. The normalized spacial score (nSPS) is 11.2. The van der Waals surface area contributed by atoms with E-state index in [4.69, 9.17) is 24.4 Å². The maximum absolute atomic E-state index is 12.3. The first-order chi connectivity index (χ1) is 9.13. The summed E-state index contributed by atoms with van der Waals surface area (Å²) in [5, 5.41) is 8.81. The summed E-state index contributed by atoms with van der Waals surface area (Å²) in [4.78, 5) is 9.38. The maximum atomic E-state index is 12.3. The van der Waals surface area contributed by atoms with Gasteiger partial charge in [-0.15, -0.1) is 9.35 Å². The molecule has 0 saturated carbocycles. The van der Waals surface area contributed by atoms with E-state index < -0.39 is 7.60 Å². The highest BCUT2D eigenvalue weighted by Crippen LogP contribution is 2.51. The molecular formula is C12H16NO5P. The maximum Gasteiger partial charge on any atom is 0.388 e. The van der Waals surface area contributed by atoms with Crippen LogP contribution in [-0.4, -0.2) is 13.2 Å². The van der Waals surface area contributed by atoms with Crippen LogP contribution < -0.4 is 0 Å². The average molecular weight is 285 g/mol. The van der Waals surface area contributed by atoms with Gasteiger partial charge in [-0.3, -0.25) is 4.57 Å². The Morgan fingerprint density at radius 3 is 2.37 bits per heavy atom. The minimum Gasteiger partial charge on any atom is -0.255 e. The molecule has 0 aliphatic carbocycles. The number of nitriles is 1. The summed E-state index contributed by atoms with van der Waals surface area (Å²) in [5.74, 6) is 0. The highest BCUT2D eigenvalue weighted by Gasteiger charge is 2.28. The predicted octanol–water partition coefficient (Wildman–Crippen LogP) is 3.19. The lowest BCUT2D eigenvalue weighted by Gasteiger charge is -2.15. The molecule has 0 atom stereocenters. The molecular weight excluding hydrogens is 269 g/mol. The molecule has 104 valence electrons. The van der Waals surface area contributed by atoms with E-state index >= 15 is 0 Å². The largest absolute Gasteiger partial charge is 0.388 e. The van der Waals surface area contributed by atoms with Crippen molar-refractivity contribution in [3.05, 3.63) is 35.4 Å². The van der Waals surface area contributed by atoms with E-state index in [1.807, 2.05) is 6.07 Å². The summed E-state index contributed by atoms with van der Waals surface area (Å²) in [6.45, 7) is 3.86. The molecule has 0 radical (unpaired) electrons. The van der Waals surface area contributed by atoms with Crippen molar-refractivity contribution in [2.45, 2.75) is 20.0 Å². The lowest BCUT2D eigenvalue weighted by Crippen LogP contribution is -2.01. The van der Waals surface area contributed by atoms with Crippen LogP contribution >= 0.6 is 7.60 Å². The number of hydrogen-bond donors (Lipinski definition) is 0. The highest BCUT2D eigenvalue weighted by atomic mass is 31.2. The highest BCUT2D eigenvalue weighted by molar-refractivity contribution is 7.52. The molecule has 0 bridgehead atoms. The molecule has 0 amide bonds. The molecule has 0 aliphatic rings. The minimum absolute atomic E-state index is 0.0392. The molecule has 0 unspecified atom stereocenters. The van der Waals surface area contributed by atoms with Crippen molar-refractivity contribution >= 4 is 7.60 Å². The third-order valence-electron chi connectivity index (χ3n) is 2.00. The summed E-state index contributed by atoms with van der Waals surface area (Å²) in [6, 6.07) is 8.68. The van der Waals surface area contributed by atoms with Gasteiger partial charge in [0.25, 0.3) is 0 Å². The van der Waals surface area contributed by atoms with Gasteiger partial charge in [-0.2, -0.15) is 5.26 Å². The summed E-state index contributed by atoms with van der Waals surface area (Å²) < 4.78 is 21.9. The van der Waals surface area contributed by atoms with Gasteiger partial charge in [-0.25, -0.2) is 9.78 Å². The Kier molecular flexibility index (Phi) is 6.71. The second-order valence-corrected chi connectivity index (χ2v) is 5.38. The van der Waals surface area contributed by atoms with Gasteiger partial charge in [-0.1, -0.05) is 12.1 Å². The molecule has 0 aliphatic heterocycles. The van der Waals surface area contributed by atoms with Crippen LogP contribution in [0.3, 0.4) is 0 Å². The molecule has 19 heavy (non-hydrogen) atoms. The topological polar surface area (TPSA) is 77.8 Å². The van der Waals surface area contributed by atoms with Crippen LogP contribution in [0.15, 0.2) is 24.3 Å². The molecule has 0 saturated heterocycles. The Morgan fingerprint density at radius 1 is 1.21 bits per heavy atom. The summed E-state index contributed by atoms with van der Waals surface area (Å²) >= 11 is 0. The molecule has 6 nitrogen and oxygen atoms in total. The summed E-state index contributed by atoms with van der Waals surface area (Å²) in [6.07, 6.45) is -0.0392. The van der Waals surface area contributed by atoms with Crippen LogP contribution in [0.5, 0.6) is 0 Å². The van der Waals surface area contributed by atoms with E-state index in [0.29, 0.717) is 11.1 Å². The molecule has 0 spiro atoms. The van der Waals surface area contributed by atoms with Crippen LogP contribution in [0.25, 0.3) is 0 Å². The lowest BCUT2D eigenvalue weighted by atomic mass is 10.2. The van der Waals surface area contributed by atoms with Crippen molar-refractivity contribution in [3.63, 3.8) is 0 Å². The van der Waals surface area contributed by atoms with Crippen molar-refractivity contribution in [1.82, 2.24) is 0 Å². The van der Waals surface area contributed by atoms with Gasteiger partial charge in [0.15, 0.2) is 0 Å². The number of benzene rings is 1. The number of rotatable bonds is 8. The molecule has 1 aromatic carbocycles. The molecule has 0 heterocycles. The smallest absolute Gasteiger partial charge is 0.255 e. The minimum atomic E-state index is -3.56. The zero-order valence-corrected chi connectivity index (χ0v) is 11.8. The molecule has 0 aromatic heterocycles. The van der Waals surface area contributed by atoms with Crippen LogP contribution in [0.1, 0.15) is 25.0 Å². The standard InChI is InChI=1S/C12H16NO5P/c1-3-15-17-19(14,18-16-4-2)10-12-7-5-6-11(8-12)9-13/h5-8H,3-4,10H2,1-2H3. The lowest BCUT2D eigenvalue weighted by molar-refractivity contribution is -0.263. The summed E-state index contributed by atoms with van der Waals surface area (Å²) in [7, 11) is -3.56. The van der Waals surface area contributed by atoms with Crippen molar-refractivity contribution in [3.8, 4) is 6.07 Å². The van der Waals surface area contributed by atoms with Crippen LogP contribution in [0.4, 0.5) is 0 Å². The fraction of sp³-hybridized carbons (Fsp3) is 0.417. The number of hydrogen-bond acceptors (Lipinski definition) is 6. The van der Waals surface area contributed by atoms with Crippen molar-refractivity contribution < 1.29 is 23.7 Å². The van der Waals surface area contributed by atoms with Gasteiger partial charge in [0.05, 0.1) is 31.0 Å². The van der Waals surface area contributed by atoms with Gasteiger partial charge >= 0.3 is 7.60 Å². The molecule has 1 rings (SSSR count). The third kappa shape index (κ3) is 5.52. The van der Waals surface area contributed by atoms with Crippen LogP contribution in [0, 0.1) is 11.3 Å². The first kappa shape index (κ1) is 15.8. The van der Waals surface area contributed by atoms with Crippen molar-refractivity contribution in [1.29, 1.82) is 5.26 Å². The van der Waals surface area contributed by atoms with Gasteiger partial charge < -0.3 is 0 Å². The molecule has 7 heteroatoms. The van der Waals surface area contributed by atoms with Gasteiger partial charge in [0, 0.05) is 0 Å². The van der Waals surface area contributed by atoms with E-state index in [2.05, 4.69) is 0 Å². The predicted molar refractivity (Wildman–Crippen MR) is 67.9 cm³/mol. The SMILES string of the molecule is CCOOP(=O)(Cc1cccc(C#N)c1)OOCC. The van der Waals surface area contributed by atoms with E-state index in [1.165, 1.54) is 0 Å². The first-order valence-electron chi connectivity index (χ1n) is 5.84. The van der Waals surface area contributed by atoms with E-state index in [0.717, 1.165) is 0 Å². The zero-order chi connectivity index (χ0) is 14.1. The zero-order valence-electron chi connectivity index (χ0n) is 10.9. The van der Waals surface area contributed by atoms with Crippen LogP contribution in [0.2, 0.25) is 0 Å². The quantitative estimate of drug-likeness (QED) is 0.414. The Balaban J connectivity index is 2.81. The van der Waals surface area contributed by atoms with Gasteiger partial charge in [0.1, 0.15) is 0 Å². The second-order valence-electron chi connectivity index (χ2n) is 3.54. The van der Waals surface area contributed by atoms with E-state index in [-0.39, 0.29) is 19.4 Å². The van der Waals surface area contributed by atoms with Crippen molar-refractivity contribution in [2.75, 3.05) is 13.2 Å². The fourth-order valence-corrected chi connectivity index (χ4v) is 2.60. The van der Waals surface area contributed by atoms with E-state index in [9.17, 15) is 4.57 Å². The number of nitrogens with zero attached hydrogens (tertiary/aromatic N) is 1. The molecule has 0 fully saturated rings. The second kappa shape index (κ2) is 8.05. The summed E-state index contributed by atoms with van der Waals surface area (Å²) in [5.41, 5.74) is 1.11. The van der Waals surface area contributed by atoms with Crippen molar-refractivity contribution in [2.24, 2.45) is 0 Å². The fourth-order valence-electron chi connectivity index (χ4n) is 1.29. The average Bonchev–Trinajstić information content (AvgIpc) is 2.43. The van der Waals surface area contributed by atoms with Gasteiger partial charge in [-0.05, 0) is 31.5 Å². The van der Waals surface area contributed by atoms with Crippen LogP contribution in [-0.2, 0) is 29.9 Å². The van der Waals surface area contributed by atoms with Gasteiger partial charge in [0.2, 0.25) is 0 Å². The Hall–Kier alpha value is -1.22. The monoisotopic (exact) mass is 285 g/mol. The Bertz CT molecular complexity index is 473. The molecule has 1 aromatic rings. The van der Waals surface area contributed by atoms with E-state index in [1.54, 1.807) is 38.1 Å². The third-order valence-corrected chi connectivity index (χ3v) is 3.42. The Morgan fingerprint density at radius 2 is 1.84 bits per heavy atom. The molecule has 0 N–H and O–H groups in total. The Labute approximate surface area is 112 Å².